The summed E-state index contributed by atoms with van der Waals surface area (Å²) in [4.78, 5) is 7.92. The third-order valence-corrected chi connectivity index (χ3v) is 3.12. The highest BCUT2D eigenvalue weighted by Crippen LogP contribution is 2.39. The molecular formula is C11H17N3O. The first-order valence-electron chi connectivity index (χ1n) is 5.34. The number of aromatic nitrogens is 2. The van der Waals surface area contributed by atoms with Gasteiger partial charge in [0.2, 0.25) is 0 Å². The minimum absolute atomic E-state index is 0.143. The van der Waals surface area contributed by atoms with Crippen molar-refractivity contribution >= 4 is 0 Å². The first kappa shape index (κ1) is 10.5. The first-order valence-corrected chi connectivity index (χ1v) is 5.34. The number of hydrogen-bond acceptors (Lipinski definition) is 4. The largest absolute Gasteiger partial charge is 0.394 e. The van der Waals surface area contributed by atoms with Crippen LogP contribution in [0.15, 0.2) is 18.7 Å². The fourth-order valence-electron chi connectivity index (χ4n) is 1.78. The maximum atomic E-state index is 9.38. The van der Waals surface area contributed by atoms with Crippen molar-refractivity contribution in [3.63, 3.8) is 0 Å². The standard InChI is InChI=1S/C11H17N3O/c1-11(7-15,10-2-3-10)14-6-9-4-12-8-13-5-9/h4-5,8,10,14-15H,2-3,6-7H2,1H3. The van der Waals surface area contributed by atoms with Gasteiger partial charge in [-0.1, -0.05) is 0 Å². The Morgan fingerprint density at radius 3 is 2.67 bits per heavy atom. The van der Waals surface area contributed by atoms with Gasteiger partial charge in [-0.3, -0.25) is 0 Å². The van der Waals surface area contributed by atoms with Gasteiger partial charge in [-0.25, -0.2) is 9.97 Å². The Hall–Kier alpha value is -1.00. The predicted molar refractivity (Wildman–Crippen MR) is 57.1 cm³/mol. The molecule has 2 rings (SSSR count). The zero-order valence-corrected chi connectivity index (χ0v) is 8.98. The third-order valence-electron chi connectivity index (χ3n) is 3.12. The van der Waals surface area contributed by atoms with E-state index in [1.165, 1.54) is 19.2 Å². The molecule has 1 aromatic heterocycles. The van der Waals surface area contributed by atoms with Gasteiger partial charge in [-0.15, -0.1) is 0 Å². The molecule has 1 fully saturated rings. The monoisotopic (exact) mass is 207 g/mol. The van der Waals surface area contributed by atoms with E-state index in [1.54, 1.807) is 12.4 Å². The Morgan fingerprint density at radius 1 is 1.47 bits per heavy atom. The Bertz CT molecular complexity index is 313. The van der Waals surface area contributed by atoms with Crippen LogP contribution in [0.1, 0.15) is 25.3 Å². The molecule has 1 saturated carbocycles. The van der Waals surface area contributed by atoms with Crippen molar-refractivity contribution in [3.05, 3.63) is 24.3 Å². The number of aliphatic hydroxyl groups excluding tert-OH is 1. The smallest absolute Gasteiger partial charge is 0.115 e. The molecule has 82 valence electrons. The highest BCUT2D eigenvalue weighted by molar-refractivity contribution is 5.05. The summed E-state index contributed by atoms with van der Waals surface area (Å²) in [5.74, 6) is 0.618. The molecule has 1 atom stereocenters. The summed E-state index contributed by atoms with van der Waals surface area (Å²) in [6.07, 6.45) is 7.55. The van der Waals surface area contributed by atoms with Gasteiger partial charge in [-0.2, -0.15) is 0 Å². The predicted octanol–water partition coefficient (Wildman–Crippen LogP) is 0.727. The van der Waals surface area contributed by atoms with E-state index in [2.05, 4.69) is 22.2 Å². The minimum Gasteiger partial charge on any atom is -0.394 e. The van der Waals surface area contributed by atoms with E-state index in [0.29, 0.717) is 12.5 Å². The summed E-state index contributed by atoms with van der Waals surface area (Å²) in [5, 5.41) is 12.8. The van der Waals surface area contributed by atoms with Crippen LogP contribution in [0.4, 0.5) is 0 Å². The summed E-state index contributed by atoms with van der Waals surface area (Å²) in [6.45, 7) is 2.98. The molecular weight excluding hydrogens is 190 g/mol. The summed E-state index contributed by atoms with van der Waals surface area (Å²) < 4.78 is 0. The van der Waals surface area contributed by atoms with Gasteiger partial charge >= 0.3 is 0 Å². The Balaban J connectivity index is 1.91. The van der Waals surface area contributed by atoms with E-state index in [1.807, 2.05) is 0 Å². The first-order chi connectivity index (χ1) is 7.24. The molecule has 4 heteroatoms. The summed E-state index contributed by atoms with van der Waals surface area (Å²) >= 11 is 0. The summed E-state index contributed by atoms with van der Waals surface area (Å²) in [6, 6.07) is 0. The van der Waals surface area contributed by atoms with Gasteiger partial charge in [0, 0.05) is 30.0 Å². The van der Waals surface area contributed by atoms with E-state index in [9.17, 15) is 5.11 Å². The molecule has 4 nitrogen and oxygen atoms in total. The van der Waals surface area contributed by atoms with Gasteiger partial charge in [0.25, 0.3) is 0 Å². The number of rotatable bonds is 5. The summed E-state index contributed by atoms with van der Waals surface area (Å²) in [5.41, 5.74) is 0.911. The zero-order chi connectivity index (χ0) is 10.7. The van der Waals surface area contributed by atoms with Crippen LogP contribution in [-0.2, 0) is 6.54 Å². The lowest BCUT2D eigenvalue weighted by atomic mass is 9.97. The highest BCUT2D eigenvalue weighted by atomic mass is 16.3. The van der Waals surface area contributed by atoms with Crippen molar-refractivity contribution in [2.24, 2.45) is 5.92 Å². The van der Waals surface area contributed by atoms with E-state index < -0.39 is 0 Å². The van der Waals surface area contributed by atoms with Crippen LogP contribution in [-0.4, -0.2) is 27.2 Å². The van der Waals surface area contributed by atoms with Crippen LogP contribution >= 0.6 is 0 Å². The fraction of sp³-hybridized carbons (Fsp3) is 0.636. The molecule has 1 aliphatic rings. The van der Waals surface area contributed by atoms with Gasteiger partial charge in [0.05, 0.1) is 6.61 Å². The SMILES string of the molecule is CC(CO)(NCc1cncnc1)C1CC1. The average Bonchev–Trinajstić information content (AvgIpc) is 3.11. The number of nitrogens with zero attached hydrogens (tertiary/aromatic N) is 2. The van der Waals surface area contributed by atoms with E-state index in [-0.39, 0.29) is 12.1 Å². The second-order valence-electron chi connectivity index (χ2n) is 4.45. The molecule has 0 aliphatic heterocycles. The molecule has 0 saturated heterocycles. The topological polar surface area (TPSA) is 58.0 Å². The average molecular weight is 207 g/mol. The van der Waals surface area contributed by atoms with Crippen molar-refractivity contribution in [1.29, 1.82) is 0 Å². The van der Waals surface area contributed by atoms with Crippen LogP contribution in [0.25, 0.3) is 0 Å². The summed E-state index contributed by atoms with van der Waals surface area (Å²) in [7, 11) is 0. The molecule has 15 heavy (non-hydrogen) atoms. The number of nitrogens with one attached hydrogen (secondary N) is 1. The van der Waals surface area contributed by atoms with Crippen LogP contribution < -0.4 is 5.32 Å². The van der Waals surface area contributed by atoms with Crippen molar-refractivity contribution < 1.29 is 5.11 Å². The number of aliphatic hydroxyl groups is 1. The van der Waals surface area contributed by atoms with Crippen LogP contribution in [0.5, 0.6) is 0 Å². The van der Waals surface area contributed by atoms with E-state index >= 15 is 0 Å². The van der Waals surface area contributed by atoms with Crippen molar-refractivity contribution in [3.8, 4) is 0 Å². The quantitative estimate of drug-likeness (QED) is 0.747. The second kappa shape index (κ2) is 4.24. The second-order valence-corrected chi connectivity index (χ2v) is 4.45. The lowest BCUT2D eigenvalue weighted by Gasteiger charge is -2.28. The van der Waals surface area contributed by atoms with Crippen LogP contribution in [0.2, 0.25) is 0 Å². The number of hydrogen-bond donors (Lipinski definition) is 2. The molecule has 1 aliphatic carbocycles. The molecule has 1 unspecified atom stereocenters. The van der Waals surface area contributed by atoms with Crippen molar-refractivity contribution in [2.45, 2.75) is 31.8 Å². The molecule has 0 spiro atoms. The van der Waals surface area contributed by atoms with Gasteiger partial charge in [0.15, 0.2) is 0 Å². The Labute approximate surface area is 89.8 Å². The van der Waals surface area contributed by atoms with Crippen LogP contribution in [0, 0.1) is 5.92 Å². The molecule has 0 aromatic carbocycles. The molecule has 0 radical (unpaired) electrons. The van der Waals surface area contributed by atoms with E-state index in [4.69, 9.17) is 0 Å². The molecule has 1 heterocycles. The molecule has 0 amide bonds. The zero-order valence-electron chi connectivity index (χ0n) is 8.98. The fourth-order valence-corrected chi connectivity index (χ4v) is 1.78. The maximum Gasteiger partial charge on any atom is 0.115 e. The highest BCUT2D eigenvalue weighted by Gasteiger charge is 2.40. The lowest BCUT2D eigenvalue weighted by Crippen LogP contribution is -2.47. The van der Waals surface area contributed by atoms with E-state index in [0.717, 1.165) is 5.56 Å². The van der Waals surface area contributed by atoms with Gasteiger partial charge in [0.1, 0.15) is 6.33 Å². The lowest BCUT2D eigenvalue weighted by molar-refractivity contribution is 0.153. The van der Waals surface area contributed by atoms with Crippen molar-refractivity contribution in [2.75, 3.05) is 6.61 Å². The Kier molecular flexibility index (Phi) is 2.98. The van der Waals surface area contributed by atoms with Gasteiger partial charge < -0.3 is 10.4 Å². The molecule has 0 bridgehead atoms. The minimum atomic E-state index is -0.143. The Morgan fingerprint density at radius 2 is 2.13 bits per heavy atom. The molecule has 1 aromatic rings. The third kappa shape index (κ3) is 2.52. The van der Waals surface area contributed by atoms with Crippen LogP contribution in [0.3, 0.4) is 0 Å². The van der Waals surface area contributed by atoms with Gasteiger partial charge in [-0.05, 0) is 25.7 Å². The normalized spacial score (nSPS) is 19.9. The molecule has 2 N–H and O–H groups in total. The maximum absolute atomic E-state index is 9.38. The van der Waals surface area contributed by atoms with Crippen molar-refractivity contribution in [1.82, 2.24) is 15.3 Å².